The van der Waals surface area contributed by atoms with Crippen LogP contribution in [0.15, 0.2) is 18.2 Å². The molecule has 0 radical (unpaired) electrons. The lowest BCUT2D eigenvalue weighted by Crippen LogP contribution is -2.45. The lowest BCUT2D eigenvalue weighted by Gasteiger charge is -2.27. The molecule has 2 unspecified atom stereocenters. The van der Waals surface area contributed by atoms with E-state index in [0.29, 0.717) is 22.3 Å². The Morgan fingerprint density at radius 3 is 2.58 bits per heavy atom. The van der Waals surface area contributed by atoms with E-state index in [1.54, 1.807) is 37.1 Å². The van der Waals surface area contributed by atoms with Gasteiger partial charge in [-0.25, -0.2) is 0 Å². The van der Waals surface area contributed by atoms with Crippen LogP contribution in [0.5, 0.6) is 5.75 Å². The summed E-state index contributed by atoms with van der Waals surface area (Å²) in [4.78, 5) is 13.7. The van der Waals surface area contributed by atoms with Crippen molar-refractivity contribution >= 4 is 29.1 Å². The average molecular weight is 305 g/mol. The molecule has 1 aromatic carbocycles. The van der Waals surface area contributed by atoms with E-state index in [9.17, 15) is 4.79 Å². The number of nitrogens with two attached hydrogens (primary N) is 1. The monoisotopic (exact) mass is 304 g/mol. The zero-order chi connectivity index (χ0) is 14.6. The Morgan fingerprint density at radius 1 is 1.42 bits per heavy atom. The number of benzene rings is 1. The van der Waals surface area contributed by atoms with Gasteiger partial charge in [-0.2, -0.15) is 0 Å². The molecule has 6 heteroatoms. The summed E-state index contributed by atoms with van der Waals surface area (Å²) < 4.78 is 5.56. The number of halogens is 2. The maximum atomic E-state index is 12.1. The zero-order valence-electron chi connectivity index (χ0n) is 11.2. The van der Waals surface area contributed by atoms with Crippen LogP contribution >= 0.6 is 23.2 Å². The van der Waals surface area contributed by atoms with Crippen molar-refractivity contribution in [1.82, 2.24) is 4.90 Å². The molecule has 19 heavy (non-hydrogen) atoms. The van der Waals surface area contributed by atoms with E-state index < -0.39 is 6.10 Å². The van der Waals surface area contributed by atoms with E-state index in [1.807, 2.05) is 6.92 Å². The summed E-state index contributed by atoms with van der Waals surface area (Å²) >= 11 is 11.8. The van der Waals surface area contributed by atoms with Crippen LogP contribution in [0.2, 0.25) is 10.0 Å². The van der Waals surface area contributed by atoms with Gasteiger partial charge in [-0.05, 0) is 32.0 Å². The Hall–Kier alpha value is -0.970. The van der Waals surface area contributed by atoms with Crippen LogP contribution in [0.25, 0.3) is 0 Å². The molecule has 1 aromatic rings. The van der Waals surface area contributed by atoms with E-state index in [2.05, 4.69) is 0 Å². The third-order valence-corrected chi connectivity index (χ3v) is 3.43. The van der Waals surface area contributed by atoms with Crippen LogP contribution in [0.3, 0.4) is 0 Å². The predicted octanol–water partition coefficient (Wildman–Crippen LogP) is 2.57. The summed E-state index contributed by atoms with van der Waals surface area (Å²) in [6.07, 6.45) is -0.641. The zero-order valence-corrected chi connectivity index (χ0v) is 12.7. The van der Waals surface area contributed by atoms with Gasteiger partial charge in [0.25, 0.3) is 5.91 Å². The number of hydrogen-bond acceptors (Lipinski definition) is 3. The molecule has 0 spiro atoms. The number of amides is 1. The minimum atomic E-state index is -0.641. The Kier molecular flexibility index (Phi) is 5.91. The molecule has 0 bridgehead atoms. The third-order valence-electron chi connectivity index (χ3n) is 2.90. The molecule has 0 aromatic heterocycles. The van der Waals surface area contributed by atoms with Crippen molar-refractivity contribution in [2.45, 2.75) is 26.0 Å². The molecule has 0 aliphatic heterocycles. The minimum Gasteiger partial charge on any atom is -0.479 e. The number of carbonyl (C=O) groups is 1. The number of ether oxygens (including phenoxy) is 1. The molecule has 0 saturated heterocycles. The fraction of sp³-hybridized carbons (Fsp3) is 0.462. The minimum absolute atomic E-state index is 0.0424. The summed E-state index contributed by atoms with van der Waals surface area (Å²) in [5.41, 5.74) is 5.53. The molecule has 2 atom stereocenters. The third kappa shape index (κ3) is 4.27. The molecule has 2 N–H and O–H groups in total. The first-order valence-corrected chi connectivity index (χ1v) is 6.70. The highest BCUT2D eigenvalue weighted by Gasteiger charge is 2.22. The summed E-state index contributed by atoms with van der Waals surface area (Å²) in [7, 11) is 1.70. The average Bonchev–Trinajstić information content (AvgIpc) is 2.39. The van der Waals surface area contributed by atoms with Crippen molar-refractivity contribution in [2.24, 2.45) is 5.73 Å². The van der Waals surface area contributed by atoms with Crippen LogP contribution in [0, 0.1) is 0 Å². The molecule has 106 valence electrons. The van der Waals surface area contributed by atoms with Crippen LogP contribution in [-0.2, 0) is 4.79 Å². The van der Waals surface area contributed by atoms with Gasteiger partial charge in [-0.3, -0.25) is 4.79 Å². The number of nitrogens with zero attached hydrogens (tertiary/aromatic N) is 1. The first kappa shape index (κ1) is 16.1. The standard InChI is InChI=1S/C13H18Cl2N2O2/c1-8(7-16)17(3)13(18)9(2)19-12-5-4-10(14)6-11(12)15/h4-6,8-9H,7,16H2,1-3H3. The first-order chi connectivity index (χ1) is 8.86. The molecular formula is C13H18Cl2N2O2. The van der Waals surface area contributed by atoms with Gasteiger partial charge in [0.05, 0.1) is 5.02 Å². The predicted molar refractivity (Wildman–Crippen MR) is 77.8 cm³/mol. The fourth-order valence-electron chi connectivity index (χ4n) is 1.47. The molecule has 0 aliphatic carbocycles. The molecule has 0 aliphatic rings. The van der Waals surface area contributed by atoms with Gasteiger partial charge < -0.3 is 15.4 Å². The largest absolute Gasteiger partial charge is 0.479 e. The second-order valence-electron chi connectivity index (χ2n) is 4.37. The number of likely N-dealkylation sites (N-methyl/N-ethyl adjacent to an activating group) is 1. The van der Waals surface area contributed by atoms with Crippen molar-refractivity contribution in [3.05, 3.63) is 28.2 Å². The Bertz CT molecular complexity index is 454. The lowest BCUT2D eigenvalue weighted by atomic mass is 10.2. The Morgan fingerprint density at radius 2 is 2.05 bits per heavy atom. The SMILES string of the molecule is CC(Oc1ccc(Cl)cc1Cl)C(=O)N(C)C(C)CN. The van der Waals surface area contributed by atoms with Crippen molar-refractivity contribution in [1.29, 1.82) is 0 Å². The highest BCUT2D eigenvalue weighted by atomic mass is 35.5. The van der Waals surface area contributed by atoms with Crippen LogP contribution in [-0.4, -0.2) is 36.5 Å². The smallest absolute Gasteiger partial charge is 0.263 e. The molecule has 0 heterocycles. The van der Waals surface area contributed by atoms with Crippen molar-refractivity contribution < 1.29 is 9.53 Å². The molecule has 0 fully saturated rings. The Labute approximate surface area is 123 Å². The van der Waals surface area contributed by atoms with Crippen LogP contribution in [0.4, 0.5) is 0 Å². The highest BCUT2D eigenvalue weighted by Crippen LogP contribution is 2.28. The van der Waals surface area contributed by atoms with Gasteiger partial charge in [0, 0.05) is 24.7 Å². The maximum absolute atomic E-state index is 12.1. The second kappa shape index (κ2) is 6.98. The van der Waals surface area contributed by atoms with Gasteiger partial charge >= 0.3 is 0 Å². The Balaban J connectivity index is 2.73. The fourth-order valence-corrected chi connectivity index (χ4v) is 1.93. The molecule has 1 rings (SSSR count). The first-order valence-electron chi connectivity index (χ1n) is 5.95. The quantitative estimate of drug-likeness (QED) is 0.909. The van der Waals surface area contributed by atoms with Gasteiger partial charge in [0.2, 0.25) is 0 Å². The number of carbonyl (C=O) groups excluding carboxylic acids is 1. The molecule has 4 nitrogen and oxygen atoms in total. The summed E-state index contributed by atoms with van der Waals surface area (Å²) in [6.45, 7) is 3.95. The van der Waals surface area contributed by atoms with E-state index in [0.717, 1.165) is 0 Å². The van der Waals surface area contributed by atoms with Gasteiger partial charge in [-0.1, -0.05) is 23.2 Å². The van der Waals surface area contributed by atoms with E-state index in [4.69, 9.17) is 33.7 Å². The van der Waals surface area contributed by atoms with Gasteiger partial charge in [0.15, 0.2) is 6.10 Å². The van der Waals surface area contributed by atoms with E-state index in [1.165, 1.54) is 0 Å². The molecule has 0 saturated carbocycles. The topological polar surface area (TPSA) is 55.6 Å². The number of rotatable bonds is 5. The van der Waals surface area contributed by atoms with Crippen molar-refractivity contribution in [2.75, 3.05) is 13.6 Å². The highest BCUT2D eigenvalue weighted by molar-refractivity contribution is 6.35. The maximum Gasteiger partial charge on any atom is 0.263 e. The lowest BCUT2D eigenvalue weighted by molar-refractivity contribution is -0.138. The molecule has 1 amide bonds. The summed E-state index contributed by atoms with van der Waals surface area (Å²) in [5, 5.41) is 0.895. The summed E-state index contributed by atoms with van der Waals surface area (Å²) in [6, 6.07) is 4.83. The second-order valence-corrected chi connectivity index (χ2v) is 5.21. The van der Waals surface area contributed by atoms with E-state index in [-0.39, 0.29) is 11.9 Å². The molecular weight excluding hydrogens is 287 g/mol. The van der Waals surface area contributed by atoms with Gasteiger partial charge in [0.1, 0.15) is 5.75 Å². The van der Waals surface area contributed by atoms with Crippen LogP contribution in [0.1, 0.15) is 13.8 Å². The van der Waals surface area contributed by atoms with Crippen LogP contribution < -0.4 is 10.5 Å². The number of hydrogen-bond donors (Lipinski definition) is 1. The van der Waals surface area contributed by atoms with E-state index >= 15 is 0 Å². The normalized spacial score (nSPS) is 13.8. The van der Waals surface area contributed by atoms with Crippen molar-refractivity contribution in [3.8, 4) is 5.75 Å². The van der Waals surface area contributed by atoms with Crippen molar-refractivity contribution in [3.63, 3.8) is 0 Å². The van der Waals surface area contributed by atoms with Gasteiger partial charge in [-0.15, -0.1) is 0 Å². The summed E-state index contributed by atoms with van der Waals surface area (Å²) in [5.74, 6) is 0.282.